The van der Waals surface area contributed by atoms with Gasteiger partial charge in [-0.3, -0.25) is 4.79 Å². The van der Waals surface area contributed by atoms with Crippen LogP contribution in [0.2, 0.25) is 0 Å². The van der Waals surface area contributed by atoms with Crippen LogP contribution in [-0.2, 0) is 10.2 Å². The van der Waals surface area contributed by atoms with Gasteiger partial charge in [0.05, 0.1) is 6.10 Å². The second-order valence-electron chi connectivity index (χ2n) is 9.81. The summed E-state index contributed by atoms with van der Waals surface area (Å²) >= 11 is 13.4. The van der Waals surface area contributed by atoms with E-state index in [1.165, 1.54) is 5.56 Å². The zero-order valence-electron chi connectivity index (χ0n) is 19.3. The van der Waals surface area contributed by atoms with Gasteiger partial charge in [0.2, 0.25) is 0 Å². The molecule has 176 valence electrons. The Hall–Kier alpha value is -0.770. The number of carboxylic acids is 1. The molecule has 5 atom stereocenters. The Kier molecular flexibility index (Phi) is 10.6. The van der Waals surface area contributed by atoms with Gasteiger partial charge in [0.25, 0.3) is 0 Å². The monoisotopic (exact) mass is 470 g/mol. The first-order valence-corrected chi connectivity index (χ1v) is 12.8. The maximum Gasteiger partial charge on any atom is 0.303 e. The predicted octanol–water partition coefficient (Wildman–Crippen LogP) is 7.26. The lowest BCUT2D eigenvalue weighted by molar-refractivity contribution is -0.137. The highest BCUT2D eigenvalue weighted by Crippen LogP contribution is 2.48. The normalized spacial score (nSPS) is 25.0. The molecule has 2 rings (SSSR count). The number of carboxylic acid groups (broad SMARTS) is 1. The smallest absolute Gasteiger partial charge is 0.303 e. The van der Waals surface area contributed by atoms with Crippen molar-refractivity contribution in [1.29, 1.82) is 0 Å². The van der Waals surface area contributed by atoms with Crippen LogP contribution in [0.5, 0.6) is 0 Å². The zero-order valence-corrected chi connectivity index (χ0v) is 20.8. The van der Waals surface area contributed by atoms with Crippen LogP contribution < -0.4 is 0 Å². The Morgan fingerprint density at radius 3 is 2.32 bits per heavy atom. The zero-order chi connectivity index (χ0) is 23.0. The van der Waals surface area contributed by atoms with E-state index in [1.54, 1.807) is 0 Å². The number of halogens is 2. The maximum absolute atomic E-state index is 10.7. The molecule has 5 heteroatoms. The third-order valence-corrected chi connectivity index (χ3v) is 8.10. The van der Waals surface area contributed by atoms with Gasteiger partial charge in [0.1, 0.15) is 0 Å². The third-order valence-electron chi connectivity index (χ3n) is 7.15. The summed E-state index contributed by atoms with van der Waals surface area (Å²) in [4.78, 5) is 10.6. The number of hydrogen-bond acceptors (Lipinski definition) is 2. The molecule has 0 aliphatic heterocycles. The van der Waals surface area contributed by atoms with Gasteiger partial charge in [-0.15, -0.1) is 23.2 Å². The van der Waals surface area contributed by atoms with Crippen LogP contribution in [0.3, 0.4) is 0 Å². The number of rotatable bonds is 13. The fourth-order valence-electron chi connectivity index (χ4n) is 4.94. The first-order valence-electron chi connectivity index (χ1n) is 12.0. The summed E-state index contributed by atoms with van der Waals surface area (Å²) in [5.41, 5.74) is 2.11. The number of hydrogen-bond donors (Lipinski definition) is 2. The van der Waals surface area contributed by atoms with E-state index in [2.05, 4.69) is 45.0 Å². The highest BCUT2D eigenvalue weighted by molar-refractivity contribution is 6.25. The summed E-state index contributed by atoms with van der Waals surface area (Å²) in [6.07, 6.45) is 8.48. The molecule has 1 aromatic rings. The molecular formula is C26H40Cl2O3. The van der Waals surface area contributed by atoms with Gasteiger partial charge in [-0.25, -0.2) is 0 Å². The summed E-state index contributed by atoms with van der Waals surface area (Å²) < 4.78 is 0. The van der Waals surface area contributed by atoms with E-state index in [1.807, 2.05) is 0 Å². The molecule has 1 saturated carbocycles. The van der Waals surface area contributed by atoms with Crippen LogP contribution in [-0.4, -0.2) is 33.0 Å². The number of aliphatic hydroxyl groups is 1. The predicted molar refractivity (Wildman–Crippen MR) is 130 cm³/mol. The van der Waals surface area contributed by atoms with E-state index in [0.29, 0.717) is 5.92 Å². The molecule has 1 aromatic carbocycles. The maximum atomic E-state index is 10.7. The van der Waals surface area contributed by atoms with Crippen molar-refractivity contribution in [3.63, 3.8) is 0 Å². The van der Waals surface area contributed by atoms with Crippen molar-refractivity contribution in [2.75, 3.05) is 0 Å². The molecule has 1 aliphatic carbocycles. The molecule has 31 heavy (non-hydrogen) atoms. The summed E-state index contributed by atoms with van der Waals surface area (Å²) in [7, 11) is 0. The molecular weight excluding hydrogens is 431 g/mol. The minimum absolute atomic E-state index is 0.0357. The summed E-state index contributed by atoms with van der Waals surface area (Å²) in [5, 5.41) is 19.6. The Morgan fingerprint density at radius 1 is 1.06 bits per heavy atom. The van der Waals surface area contributed by atoms with Crippen molar-refractivity contribution in [2.45, 2.75) is 113 Å². The van der Waals surface area contributed by atoms with E-state index >= 15 is 0 Å². The molecule has 0 amide bonds. The van der Waals surface area contributed by atoms with Gasteiger partial charge in [0, 0.05) is 28.5 Å². The molecule has 2 N–H and O–H groups in total. The van der Waals surface area contributed by atoms with Crippen LogP contribution >= 0.6 is 23.2 Å². The molecule has 0 saturated heterocycles. The first-order chi connectivity index (χ1) is 14.7. The van der Waals surface area contributed by atoms with Gasteiger partial charge < -0.3 is 10.2 Å². The Morgan fingerprint density at radius 2 is 1.71 bits per heavy atom. The van der Waals surface area contributed by atoms with Crippen LogP contribution in [0.1, 0.15) is 102 Å². The molecule has 1 fully saturated rings. The van der Waals surface area contributed by atoms with Gasteiger partial charge in [0.15, 0.2) is 0 Å². The highest BCUT2D eigenvalue weighted by atomic mass is 35.5. The Labute approximate surface area is 198 Å². The average molecular weight is 472 g/mol. The Balaban J connectivity index is 2.01. The van der Waals surface area contributed by atoms with Crippen LogP contribution in [0.4, 0.5) is 0 Å². The van der Waals surface area contributed by atoms with E-state index < -0.39 is 5.97 Å². The first kappa shape index (κ1) is 26.5. The molecule has 3 nitrogen and oxygen atoms in total. The molecule has 0 heterocycles. The van der Waals surface area contributed by atoms with Crippen molar-refractivity contribution in [3.05, 3.63) is 35.4 Å². The lowest BCUT2D eigenvalue weighted by Gasteiger charge is -2.32. The number of aliphatic carboxylic acids is 1. The van der Waals surface area contributed by atoms with Crippen molar-refractivity contribution in [3.8, 4) is 0 Å². The molecule has 0 spiro atoms. The lowest BCUT2D eigenvalue weighted by Crippen LogP contribution is -2.33. The van der Waals surface area contributed by atoms with Crippen molar-refractivity contribution in [2.24, 2.45) is 5.92 Å². The van der Waals surface area contributed by atoms with E-state index in [-0.39, 0.29) is 34.6 Å². The van der Waals surface area contributed by atoms with E-state index in [0.717, 1.165) is 63.4 Å². The van der Waals surface area contributed by atoms with Crippen LogP contribution in [0.15, 0.2) is 24.3 Å². The standard InChI is InChI=1S/C26H40Cl2O3/c1-4-5-11-23(29)26(2,3)19-15-13-18(14-16-19)25-20(21(27)17-22(25)28)10-8-6-7-9-12-24(30)31/h13-16,20-23,25,29H,4-12,17H2,1-3H3,(H,30,31). The van der Waals surface area contributed by atoms with Crippen LogP contribution in [0, 0.1) is 5.92 Å². The fraction of sp³-hybridized carbons (Fsp3) is 0.731. The molecule has 0 radical (unpaired) electrons. The molecule has 0 bridgehead atoms. The minimum Gasteiger partial charge on any atom is -0.481 e. The quantitative estimate of drug-likeness (QED) is 0.235. The van der Waals surface area contributed by atoms with Crippen molar-refractivity contribution < 1.29 is 15.0 Å². The van der Waals surface area contributed by atoms with Crippen molar-refractivity contribution >= 4 is 29.2 Å². The Bertz CT molecular complexity index is 674. The number of unbranched alkanes of at least 4 members (excludes halogenated alkanes) is 4. The number of alkyl halides is 2. The van der Waals surface area contributed by atoms with Crippen molar-refractivity contribution in [1.82, 2.24) is 0 Å². The minimum atomic E-state index is -0.717. The second-order valence-corrected chi connectivity index (χ2v) is 10.9. The molecule has 1 aliphatic rings. The molecule has 0 aromatic heterocycles. The largest absolute Gasteiger partial charge is 0.481 e. The van der Waals surface area contributed by atoms with E-state index in [9.17, 15) is 9.90 Å². The van der Waals surface area contributed by atoms with Gasteiger partial charge in [-0.05, 0) is 42.7 Å². The summed E-state index contributed by atoms with van der Waals surface area (Å²) in [5.74, 6) is -0.130. The fourth-order valence-corrected chi connectivity index (χ4v) is 6.03. The second kappa shape index (κ2) is 12.5. The van der Waals surface area contributed by atoms with Gasteiger partial charge >= 0.3 is 5.97 Å². The number of benzene rings is 1. The van der Waals surface area contributed by atoms with Crippen LogP contribution in [0.25, 0.3) is 0 Å². The summed E-state index contributed by atoms with van der Waals surface area (Å²) in [6, 6.07) is 8.66. The lowest BCUT2D eigenvalue weighted by atomic mass is 9.76. The number of carbonyl (C=O) groups is 1. The van der Waals surface area contributed by atoms with E-state index in [4.69, 9.17) is 28.3 Å². The van der Waals surface area contributed by atoms with Gasteiger partial charge in [-0.2, -0.15) is 0 Å². The average Bonchev–Trinajstić information content (AvgIpc) is 3.01. The summed E-state index contributed by atoms with van der Waals surface area (Å²) in [6.45, 7) is 6.38. The van der Waals surface area contributed by atoms with Gasteiger partial charge in [-0.1, -0.05) is 77.1 Å². The topological polar surface area (TPSA) is 57.5 Å². The molecule has 5 unspecified atom stereocenters. The SMILES string of the molecule is CCCCC(O)C(C)(C)c1ccc(C2C(Cl)CC(Cl)C2CCCCCCC(=O)O)cc1. The third kappa shape index (κ3) is 7.37. The number of aliphatic hydroxyl groups excluding tert-OH is 1. The highest BCUT2D eigenvalue weighted by Gasteiger charge is 2.42.